The Hall–Kier alpha value is -5.32. The van der Waals surface area contributed by atoms with Gasteiger partial charge in [0, 0.05) is 48.9 Å². The van der Waals surface area contributed by atoms with E-state index in [4.69, 9.17) is 9.47 Å². The number of carbonyl (C=O) groups is 2. The molecule has 4 atom stereocenters. The predicted octanol–water partition coefficient (Wildman–Crippen LogP) is 7.00. The molecule has 3 heterocycles. The van der Waals surface area contributed by atoms with E-state index in [0.717, 1.165) is 71.5 Å². The van der Waals surface area contributed by atoms with Crippen LogP contribution in [0.2, 0.25) is 0 Å². The topological polar surface area (TPSA) is 103 Å². The summed E-state index contributed by atoms with van der Waals surface area (Å²) < 4.78 is 13.6. The van der Waals surface area contributed by atoms with E-state index in [0.29, 0.717) is 18.8 Å². The predicted molar refractivity (Wildman–Crippen MR) is 213 cm³/mol. The van der Waals surface area contributed by atoms with Gasteiger partial charge in [-0.05, 0) is 71.0 Å². The Labute approximate surface area is 322 Å². The molecule has 2 amide bonds. The van der Waals surface area contributed by atoms with Crippen molar-refractivity contribution in [1.29, 1.82) is 0 Å². The maximum atomic E-state index is 13.3. The minimum Gasteiger partial charge on any atom is -0.392 e. The first kappa shape index (κ1) is 36.6. The highest BCUT2D eigenvalue weighted by atomic mass is 16.7. The number of rotatable bonds is 10. The lowest BCUT2D eigenvalue weighted by atomic mass is 9.84. The molecule has 8 rings (SSSR count). The molecule has 0 bridgehead atoms. The number of para-hydroxylation sites is 1. The largest absolute Gasteiger partial charge is 0.392 e. The van der Waals surface area contributed by atoms with Crippen molar-refractivity contribution in [2.24, 2.45) is 5.92 Å². The van der Waals surface area contributed by atoms with E-state index >= 15 is 0 Å². The Kier molecular flexibility index (Phi) is 10.8. The number of hydrogen-bond acceptors (Lipinski definition) is 7. The highest BCUT2D eigenvalue weighted by molar-refractivity contribution is 5.94. The summed E-state index contributed by atoms with van der Waals surface area (Å²) in [6, 6.07) is 44.0. The lowest BCUT2D eigenvalue weighted by Crippen LogP contribution is -2.57. The molecule has 282 valence electrons. The lowest BCUT2D eigenvalue weighted by molar-refractivity contribution is -0.276. The second kappa shape index (κ2) is 16.2. The maximum absolute atomic E-state index is 13.3. The zero-order valence-corrected chi connectivity index (χ0v) is 31.1. The van der Waals surface area contributed by atoms with Crippen LogP contribution in [0.3, 0.4) is 0 Å². The van der Waals surface area contributed by atoms with Gasteiger partial charge in [-0.15, -0.1) is 0 Å². The van der Waals surface area contributed by atoms with Crippen LogP contribution in [0.5, 0.6) is 0 Å². The van der Waals surface area contributed by atoms with Crippen LogP contribution >= 0.6 is 0 Å². The second-order valence-corrected chi connectivity index (χ2v) is 15.0. The number of benzene rings is 5. The third kappa shape index (κ3) is 7.79. The van der Waals surface area contributed by atoms with Gasteiger partial charge in [-0.1, -0.05) is 110 Å². The van der Waals surface area contributed by atoms with Crippen LogP contribution in [-0.2, 0) is 27.4 Å². The zero-order chi connectivity index (χ0) is 37.8. The monoisotopic (exact) mass is 736 g/mol. The van der Waals surface area contributed by atoms with E-state index in [-0.39, 0.29) is 36.5 Å². The summed E-state index contributed by atoms with van der Waals surface area (Å²) in [7, 11) is 0. The summed E-state index contributed by atoms with van der Waals surface area (Å²) in [6.07, 6.45) is 0.554. The number of likely N-dealkylation sites (tertiary alicyclic amines) is 1. The number of anilines is 1. The van der Waals surface area contributed by atoms with Gasteiger partial charge >= 0.3 is 0 Å². The number of hydrogen-bond donors (Lipinski definition) is 3. The van der Waals surface area contributed by atoms with E-state index in [1.807, 2.05) is 84.9 Å². The first-order valence-electron chi connectivity index (χ1n) is 19.3. The third-order valence-corrected chi connectivity index (χ3v) is 11.6. The molecule has 0 unspecified atom stereocenters. The smallest absolute Gasteiger partial charge is 0.251 e. The Morgan fingerprint density at radius 1 is 0.800 bits per heavy atom. The molecule has 0 aromatic heterocycles. The molecule has 5 aromatic rings. The van der Waals surface area contributed by atoms with Gasteiger partial charge in [-0.3, -0.25) is 9.59 Å². The molecule has 55 heavy (non-hydrogen) atoms. The average Bonchev–Trinajstić information content (AvgIpc) is 3.56. The zero-order valence-electron chi connectivity index (χ0n) is 31.1. The summed E-state index contributed by atoms with van der Waals surface area (Å²) in [5.74, 6) is 0.0634. The lowest BCUT2D eigenvalue weighted by Gasteiger charge is -2.46. The molecular formula is C46H48N4O5. The number of nitrogens with zero attached hydrogens (tertiary/aromatic N) is 2. The first-order valence-corrected chi connectivity index (χ1v) is 19.3. The van der Waals surface area contributed by atoms with Crippen molar-refractivity contribution >= 4 is 17.5 Å². The van der Waals surface area contributed by atoms with Gasteiger partial charge in [0.15, 0.2) is 6.29 Å². The van der Waals surface area contributed by atoms with Crippen molar-refractivity contribution in [1.82, 2.24) is 15.5 Å². The molecule has 9 nitrogen and oxygen atoms in total. The van der Waals surface area contributed by atoms with Crippen LogP contribution in [0, 0.1) is 5.92 Å². The van der Waals surface area contributed by atoms with Gasteiger partial charge in [-0.25, -0.2) is 0 Å². The molecule has 3 aliphatic heterocycles. The normalized spacial score (nSPS) is 22.4. The highest BCUT2D eigenvalue weighted by Gasteiger charge is 2.51. The number of aliphatic hydroxyl groups excluding tert-OH is 1. The molecule has 0 aliphatic carbocycles. The van der Waals surface area contributed by atoms with Crippen molar-refractivity contribution < 1.29 is 24.2 Å². The minimum absolute atomic E-state index is 0.0104. The van der Waals surface area contributed by atoms with Crippen molar-refractivity contribution in [2.75, 3.05) is 31.2 Å². The Morgan fingerprint density at radius 2 is 1.49 bits per heavy atom. The van der Waals surface area contributed by atoms with E-state index in [2.05, 4.69) is 75.9 Å². The highest BCUT2D eigenvalue weighted by Crippen LogP contribution is 2.43. The Bertz CT molecular complexity index is 2070. The molecule has 3 fully saturated rings. The number of aliphatic hydroxyl groups is 1. The fourth-order valence-corrected chi connectivity index (χ4v) is 8.29. The summed E-state index contributed by atoms with van der Waals surface area (Å²) in [5, 5.41) is 15.8. The van der Waals surface area contributed by atoms with Crippen LogP contribution in [0.1, 0.15) is 64.8 Å². The average molecular weight is 737 g/mol. The van der Waals surface area contributed by atoms with E-state index in [1.165, 1.54) is 0 Å². The van der Waals surface area contributed by atoms with Gasteiger partial charge in [0.05, 0.1) is 25.5 Å². The number of nitrogens with one attached hydrogen (secondary N) is 2. The van der Waals surface area contributed by atoms with Crippen molar-refractivity contribution in [2.45, 2.75) is 57.0 Å². The van der Waals surface area contributed by atoms with E-state index in [1.54, 1.807) is 0 Å². The van der Waals surface area contributed by atoms with Crippen LogP contribution in [0.15, 0.2) is 133 Å². The number of carbonyl (C=O) groups excluding carboxylic acids is 2. The molecule has 3 aliphatic rings. The third-order valence-electron chi connectivity index (χ3n) is 11.6. The first-order chi connectivity index (χ1) is 26.9. The quantitative estimate of drug-likeness (QED) is 0.142. The molecule has 5 aromatic carbocycles. The molecule has 3 saturated heterocycles. The number of piperidine rings is 1. The van der Waals surface area contributed by atoms with Crippen molar-refractivity contribution in [3.05, 3.63) is 161 Å². The van der Waals surface area contributed by atoms with Crippen molar-refractivity contribution in [3.8, 4) is 11.1 Å². The van der Waals surface area contributed by atoms with E-state index in [9.17, 15) is 14.7 Å². The molecule has 0 saturated carbocycles. The maximum Gasteiger partial charge on any atom is 0.251 e. The summed E-state index contributed by atoms with van der Waals surface area (Å²) in [6.45, 7) is 5.43. The van der Waals surface area contributed by atoms with Gasteiger partial charge in [0.2, 0.25) is 5.91 Å². The fraction of sp³-hybridized carbons (Fsp3) is 0.304. The number of amides is 2. The summed E-state index contributed by atoms with van der Waals surface area (Å²) in [4.78, 5) is 30.6. The van der Waals surface area contributed by atoms with Crippen LogP contribution < -0.4 is 15.5 Å². The van der Waals surface area contributed by atoms with Crippen LogP contribution in [0.25, 0.3) is 11.1 Å². The van der Waals surface area contributed by atoms with E-state index < -0.39 is 11.8 Å². The molecular weight excluding hydrogens is 689 g/mol. The van der Waals surface area contributed by atoms with Gasteiger partial charge in [0.1, 0.15) is 5.54 Å². The van der Waals surface area contributed by atoms with Crippen LogP contribution in [-0.4, -0.2) is 59.8 Å². The fourth-order valence-electron chi connectivity index (χ4n) is 8.29. The molecule has 3 N–H and O–H groups in total. The second-order valence-electron chi connectivity index (χ2n) is 15.0. The molecule has 0 radical (unpaired) electrons. The Morgan fingerprint density at radius 3 is 2.20 bits per heavy atom. The van der Waals surface area contributed by atoms with Crippen molar-refractivity contribution in [3.63, 3.8) is 0 Å². The Balaban J connectivity index is 0.974. The van der Waals surface area contributed by atoms with Gasteiger partial charge in [0.25, 0.3) is 5.91 Å². The molecule has 9 heteroatoms. The van der Waals surface area contributed by atoms with Gasteiger partial charge < -0.3 is 35.0 Å². The van der Waals surface area contributed by atoms with Gasteiger partial charge in [-0.2, -0.15) is 0 Å². The SMILES string of the molecule is C[C@@H]1[C@H](CN2CCC3(CC2)C(=O)NCN3c2ccccc2)O[C@H](c2ccc(-c3cccc(CNC(=O)c4ccccc4)c3)cc2)O[C@@H]1c1ccc(CO)cc1. The molecule has 1 spiro atoms. The standard InChI is InChI=1S/C46H48N4O5/c1-32-41(29-49-25-23-46(24-26-49)45(53)48-31-50(46)40-13-6-3-7-14-40)54-44(55-42(32)36-17-15-33(30-51)16-18-36)38-21-19-35(20-22-38)39-12-8-9-34(27-39)28-47-43(52)37-10-4-2-5-11-37/h2-22,27,32,41-42,44,51H,23-26,28-31H2,1H3,(H,47,52)(H,48,53)/t32-,41+,42+,44+/m1/s1. The number of ether oxygens (including phenoxy) is 2. The van der Waals surface area contributed by atoms with Crippen LogP contribution in [0.4, 0.5) is 5.69 Å². The summed E-state index contributed by atoms with van der Waals surface area (Å²) in [5.41, 5.74) is 7.13. The summed E-state index contributed by atoms with van der Waals surface area (Å²) >= 11 is 0. The minimum atomic E-state index is -0.581.